The van der Waals surface area contributed by atoms with Gasteiger partial charge in [-0.2, -0.15) is 0 Å². The molecule has 1 N–H and O–H groups in total. The Balaban J connectivity index is 1.81. The molecule has 0 radical (unpaired) electrons. The average Bonchev–Trinajstić information content (AvgIpc) is 2.46. The van der Waals surface area contributed by atoms with Gasteiger partial charge < -0.3 is 15.0 Å². The zero-order chi connectivity index (χ0) is 17.0. The van der Waals surface area contributed by atoms with Gasteiger partial charge in [0.15, 0.2) is 0 Å². The van der Waals surface area contributed by atoms with Crippen molar-refractivity contribution in [1.82, 2.24) is 10.2 Å². The first kappa shape index (κ1) is 17.7. The van der Waals surface area contributed by atoms with Gasteiger partial charge >= 0.3 is 6.09 Å². The molecule has 1 saturated heterocycles. The van der Waals surface area contributed by atoms with E-state index in [9.17, 15) is 9.18 Å². The summed E-state index contributed by atoms with van der Waals surface area (Å²) in [6.45, 7) is 9.03. The number of hydrogen-bond donors (Lipinski definition) is 1. The zero-order valence-electron chi connectivity index (χ0n) is 14.4. The molecular weight excluding hydrogens is 295 g/mol. The number of piperidine rings is 1. The first-order valence-electron chi connectivity index (χ1n) is 8.24. The smallest absolute Gasteiger partial charge is 0.410 e. The Morgan fingerprint density at radius 2 is 2.00 bits per heavy atom. The lowest BCUT2D eigenvalue weighted by atomic mass is 10.0. The van der Waals surface area contributed by atoms with Crippen LogP contribution in [0.1, 0.15) is 52.1 Å². The molecule has 2 rings (SSSR count). The lowest BCUT2D eigenvalue weighted by Crippen LogP contribution is -2.46. The third-order valence-electron chi connectivity index (χ3n) is 3.98. The van der Waals surface area contributed by atoms with E-state index >= 15 is 0 Å². The van der Waals surface area contributed by atoms with Crippen molar-refractivity contribution in [3.63, 3.8) is 0 Å². The number of ether oxygens (including phenoxy) is 1. The van der Waals surface area contributed by atoms with Crippen LogP contribution in [0.3, 0.4) is 0 Å². The predicted molar refractivity (Wildman–Crippen MR) is 88.8 cm³/mol. The maximum atomic E-state index is 13.3. The summed E-state index contributed by atoms with van der Waals surface area (Å²) >= 11 is 0. The van der Waals surface area contributed by atoms with E-state index in [2.05, 4.69) is 5.32 Å². The molecule has 1 aliphatic heterocycles. The Kier molecular flexibility index (Phi) is 5.63. The van der Waals surface area contributed by atoms with Crippen LogP contribution in [-0.4, -0.2) is 35.7 Å². The van der Waals surface area contributed by atoms with Crippen molar-refractivity contribution < 1.29 is 13.9 Å². The first-order valence-corrected chi connectivity index (χ1v) is 8.24. The molecule has 1 amide bonds. The van der Waals surface area contributed by atoms with Crippen LogP contribution in [0.15, 0.2) is 24.3 Å². The van der Waals surface area contributed by atoms with Crippen molar-refractivity contribution in [1.29, 1.82) is 0 Å². The Morgan fingerprint density at radius 1 is 1.35 bits per heavy atom. The minimum Gasteiger partial charge on any atom is -0.444 e. The summed E-state index contributed by atoms with van der Waals surface area (Å²) in [5.74, 6) is -0.212. The van der Waals surface area contributed by atoms with E-state index in [1.807, 2.05) is 33.8 Å². The number of amides is 1. The fourth-order valence-electron chi connectivity index (χ4n) is 2.78. The molecule has 5 heteroatoms. The average molecular weight is 322 g/mol. The predicted octanol–water partition coefficient (Wildman–Crippen LogP) is 3.88. The highest BCUT2D eigenvalue weighted by Crippen LogP contribution is 2.19. The first-order chi connectivity index (χ1) is 10.7. The fraction of sp³-hybridized carbons (Fsp3) is 0.611. The number of nitrogens with zero attached hydrogens (tertiary/aromatic N) is 1. The van der Waals surface area contributed by atoms with Crippen LogP contribution in [0.25, 0.3) is 0 Å². The number of carbonyl (C=O) groups is 1. The van der Waals surface area contributed by atoms with Crippen molar-refractivity contribution in [2.75, 3.05) is 13.1 Å². The van der Waals surface area contributed by atoms with Crippen molar-refractivity contribution in [3.05, 3.63) is 35.6 Å². The molecule has 1 aromatic rings. The summed E-state index contributed by atoms with van der Waals surface area (Å²) in [7, 11) is 0. The van der Waals surface area contributed by atoms with Gasteiger partial charge in [0, 0.05) is 25.2 Å². The molecular formula is C18H27FN2O2. The summed E-state index contributed by atoms with van der Waals surface area (Å²) in [6.07, 6.45) is 1.51. The van der Waals surface area contributed by atoms with Crippen molar-refractivity contribution in [2.24, 2.45) is 0 Å². The molecule has 0 aliphatic carbocycles. The van der Waals surface area contributed by atoms with Crippen LogP contribution >= 0.6 is 0 Å². The van der Waals surface area contributed by atoms with Gasteiger partial charge in [0.25, 0.3) is 0 Å². The van der Waals surface area contributed by atoms with Crippen LogP contribution in [0.2, 0.25) is 0 Å². The van der Waals surface area contributed by atoms with Crippen molar-refractivity contribution >= 4 is 6.09 Å². The topological polar surface area (TPSA) is 41.6 Å². The maximum absolute atomic E-state index is 13.3. The number of hydrogen-bond acceptors (Lipinski definition) is 3. The number of nitrogens with one attached hydrogen (secondary N) is 1. The second-order valence-corrected chi connectivity index (χ2v) is 7.19. The Hall–Kier alpha value is -1.62. The highest BCUT2D eigenvalue weighted by atomic mass is 19.1. The number of carbonyl (C=O) groups excluding carboxylic acids is 1. The third-order valence-corrected chi connectivity index (χ3v) is 3.98. The number of rotatable bonds is 3. The van der Waals surface area contributed by atoms with Gasteiger partial charge in [-0.15, -0.1) is 0 Å². The van der Waals surface area contributed by atoms with Gasteiger partial charge in [0.05, 0.1) is 0 Å². The van der Waals surface area contributed by atoms with E-state index in [1.54, 1.807) is 17.0 Å². The molecule has 0 aromatic heterocycles. The molecule has 23 heavy (non-hydrogen) atoms. The minimum absolute atomic E-state index is 0.0868. The number of benzene rings is 1. The fourth-order valence-corrected chi connectivity index (χ4v) is 2.78. The standard InChI is InChI=1S/C18H27FN2O2/c1-13(14-6-5-7-15(19)12-14)20-16-8-10-21(11-9-16)17(22)23-18(2,3)4/h5-7,12-13,16,20H,8-11H2,1-4H3/t13-/m1/s1. The van der Waals surface area contributed by atoms with E-state index in [0.29, 0.717) is 19.1 Å². The molecule has 0 saturated carbocycles. The second kappa shape index (κ2) is 7.30. The monoisotopic (exact) mass is 322 g/mol. The summed E-state index contributed by atoms with van der Waals surface area (Å²) in [4.78, 5) is 13.8. The van der Waals surface area contributed by atoms with Gasteiger partial charge in [-0.25, -0.2) is 9.18 Å². The molecule has 4 nitrogen and oxygen atoms in total. The SMILES string of the molecule is C[C@@H](NC1CCN(C(=O)OC(C)(C)C)CC1)c1cccc(F)c1. The Labute approximate surface area is 138 Å². The summed E-state index contributed by atoms with van der Waals surface area (Å²) in [6, 6.07) is 7.09. The lowest BCUT2D eigenvalue weighted by molar-refractivity contribution is 0.0196. The lowest BCUT2D eigenvalue weighted by Gasteiger charge is -2.35. The van der Waals surface area contributed by atoms with Crippen molar-refractivity contribution in [2.45, 2.75) is 58.2 Å². The molecule has 128 valence electrons. The van der Waals surface area contributed by atoms with Crippen LogP contribution in [0.5, 0.6) is 0 Å². The molecule has 1 fully saturated rings. The van der Waals surface area contributed by atoms with Gasteiger partial charge in [-0.3, -0.25) is 0 Å². The third kappa shape index (κ3) is 5.50. The molecule has 0 unspecified atom stereocenters. The van der Waals surface area contributed by atoms with Gasteiger partial charge in [-0.05, 0) is 58.2 Å². The normalized spacial score (nSPS) is 17.9. The van der Waals surface area contributed by atoms with E-state index < -0.39 is 5.60 Å². The van der Waals surface area contributed by atoms with E-state index in [0.717, 1.165) is 18.4 Å². The molecule has 0 bridgehead atoms. The van der Waals surface area contributed by atoms with Crippen LogP contribution in [0, 0.1) is 5.82 Å². The summed E-state index contributed by atoms with van der Waals surface area (Å²) in [5.41, 5.74) is 0.484. The highest BCUT2D eigenvalue weighted by Gasteiger charge is 2.27. The van der Waals surface area contributed by atoms with Gasteiger partial charge in [0.2, 0.25) is 0 Å². The van der Waals surface area contributed by atoms with E-state index in [1.165, 1.54) is 6.07 Å². The maximum Gasteiger partial charge on any atom is 0.410 e. The second-order valence-electron chi connectivity index (χ2n) is 7.19. The molecule has 1 heterocycles. The van der Waals surface area contributed by atoms with Crippen LogP contribution in [0.4, 0.5) is 9.18 Å². The summed E-state index contributed by atoms with van der Waals surface area (Å²) < 4.78 is 18.7. The van der Waals surface area contributed by atoms with Crippen LogP contribution in [-0.2, 0) is 4.74 Å². The molecule has 0 spiro atoms. The number of halogens is 1. The summed E-state index contributed by atoms with van der Waals surface area (Å²) in [5, 5.41) is 3.52. The Morgan fingerprint density at radius 3 is 2.57 bits per heavy atom. The van der Waals surface area contributed by atoms with Gasteiger partial charge in [-0.1, -0.05) is 12.1 Å². The zero-order valence-corrected chi connectivity index (χ0v) is 14.4. The van der Waals surface area contributed by atoms with Gasteiger partial charge in [0.1, 0.15) is 11.4 Å². The molecule has 1 aromatic carbocycles. The Bertz CT molecular complexity index is 534. The quantitative estimate of drug-likeness (QED) is 0.918. The highest BCUT2D eigenvalue weighted by molar-refractivity contribution is 5.68. The van der Waals surface area contributed by atoms with E-state index in [4.69, 9.17) is 4.74 Å². The van der Waals surface area contributed by atoms with Crippen molar-refractivity contribution in [3.8, 4) is 0 Å². The van der Waals surface area contributed by atoms with Crippen LogP contribution < -0.4 is 5.32 Å². The largest absolute Gasteiger partial charge is 0.444 e. The molecule has 1 aliphatic rings. The molecule has 1 atom stereocenters. The minimum atomic E-state index is -0.460. The number of likely N-dealkylation sites (tertiary alicyclic amines) is 1. The van der Waals surface area contributed by atoms with E-state index in [-0.39, 0.29) is 18.0 Å².